The first kappa shape index (κ1) is 13.8. The Hall–Kier alpha value is -2.20. The second-order valence-corrected chi connectivity index (χ2v) is 5.36. The number of fused-ring (bicyclic) bond motifs is 1. The van der Waals surface area contributed by atoms with E-state index in [1.807, 2.05) is 12.1 Å². The van der Waals surface area contributed by atoms with Crippen LogP contribution in [0.1, 0.15) is 22.3 Å². The topological polar surface area (TPSA) is 64.4 Å². The van der Waals surface area contributed by atoms with E-state index in [2.05, 4.69) is 11.4 Å². The SMILES string of the molecule is NC(=O)c1ccc(Cl)cc1Oc1cccc2c1NCCC2. The summed E-state index contributed by atoms with van der Waals surface area (Å²) in [6.45, 7) is 0.908. The van der Waals surface area contributed by atoms with E-state index in [1.54, 1.807) is 18.2 Å². The molecule has 0 saturated carbocycles. The van der Waals surface area contributed by atoms with Crippen molar-refractivity contribution < 1.29 is 9.53 Å². The molecule has 0 aromatic heterocycles. The van der Waals surface area contributed by atoms with Crippen LogP contribution in [0.5, 0.6) is 11.5 Å². The van der Waals surface area contributed by atoms with Crippen LogP contribution >= 0.6 is 11.6 Å². The van der Waals surface area contributed by atoms with Crippen LogP contribution < -0.4 is 15.8 Å². The number of nitrogens with one attached hydrogen (secondary N) is 1. The van der Waals surface area contributed by atoms with Gasteiger partial charge in [0.05, 0.1) is 11.3 Å². The summed E-state index contributed by atoms with van der Waals surface area (Å²) in [6, 6.07) is 10.7. The van der Waals surface area contributed by atoms with Gasteiger partial charge >= 0.3 is 0 Å². The lowest BCUT2D eigenvalue weighted by atomic mass is 10.0. The third-order valence-corrected chi connectivity index (χ3v) is 3.70. The number of para-hydroxylation sites is 1. The van der Waals surface area contributed by atoms with Crippen molar-refractivity contribution in [1.29, 1.82) is 0 Å². The number of carbonyl (C=O) groups is 1. The number of hydrogen-bond donors (Lipinski definition) is 2. The van der Waals surface area contributed by atoms with Gasteiger partial charge in [-0.05, 0) is 36.6 Å². The minimum absolute atomic E-state index is 0.313. The van der Waals surface area contributed by atoms with Crippen LogP contribution in [0.15, 0.2) is 36.4 Å². The first-order valence-corrected chi connectivity index (χ1v) is 7.16. The lowest BCUT2D eigenvalue weighted by Crippen LogP contribution is -2.14. The maximum atomic E-state index is 11.5. The van der Waals surface area contributed by atoms with Gasteiger partial charge < -0.3 is 15.8 Å². The van der Waals surface area contributed by atoms with Crippen molar-refractivity contribution in [3.63, 3.8) is 0 Å². The number of ether oxygens (including phenoxy) is 1. The van der Waals surface area contributed by atoms with Crippen LogP contribution in [0.3, 0.4) is 0 Å². The van der Waals surface area contributed by atoms with E-state index < -0.39 is 5.91 Å². The van der Waals surface area contributed by atoms with Crippen LogP contribution in [0.2, 0.25) is 5.02 Å². The quantitative estimate of drug-likeness (QED) is 0.910. The average molecular weight is 303 g/mol. The molecule has 0 unspecified atom stereocenters. The van der Waals surface area contributed by atoms with Crippen molar-refractivity contribution in [3.8, 4) is 11.5 Å². The normalized spacial score (nSPS) is 13.2. The van der Waals surface area contributed by atoms with Gasteiger partial charge in [-0.2, -0.15) is 0 Å². The Labute approximate surface area is 127 Å². The smallest absolute Gasteiger partial charge is 0.252 e. The maximum absolute atomic E-state index is 11.5. The van der Waals surface area contributed by atoms with Gasteiger partial charge in [0, 0.05) is 17.6 Å². The van der Waals surface area contributed by atoms with Gasteiger partial charge in [-0.1, -0.05) is 23.7 Å². The third-order valence-electron chi connectivity index (χ3n) is 3.47. The summed E-state index contributed by atoms with van der Waals surface area (Å²) in [7, 11) is 0. The standard InChI is InChI=1S/C16H15ClN2O2/c17-11-6-7-12(16(18)20)14(9-11)21-13-5-1-3-10-4-2-8-19-15(10)13/h1,3,5-7,9,19H,2,4,8H2,(H2,18,20). The Bertz CT molecular complexity index is 701. The lowest BCUT2D eigenvalue weighted by Gasteiger charge is -2.21. The van der Waals surface area contributed by atoms with Crippen LogP contribution in [-0.2, 0) is 6.42 Å². The molecule has 21 heavy (non-hydrogen) atoms. The van der Waals surface area contributed by atoms with Crippen molar-refractivity contribution in [2.24, 2.45) is 5.73 Å². The molecule has 108 valence electrons. The predicted molar refractivity (Wildman–Crippen MR) is 83.3 cm³/mol. The molecule has 4 nitrogen and oxygen atoms in total. The molecule has 3 N–H and O–H groups in total. The van der Waals surface area contributed by atoms with Gasteiger partial charge in [0.1, 0.15) is 5.75 Å². The zero-order valence-corrected chi connectivity index (χ0v) is 12.1. The molecule has 2 aromatic rings. The Kier molecular flexibility index (Phi) is 3.71. The molecule has 0 atom stereocenters. The molecule has 1 heterocycles. The summed E-state index contributed by atoms with van der Waals surface area (Å²) >= 11 is 5.98. The summed E-state index contributed by atoms with van der Waals surface area (Å²) < 4.78 is 5.90. The number of rotatable bonds is 3. The molecule has 0 radical (unpaired) electrons. The first-order chi connectivity index (χ1) is 10.1. The average Bonchev–Trinajstić information content (AvgIpc) is 2.47. The highest BCUT2D eigenvalue weighted by atomic mass is 35.5. The Morgan fingerprint density at radius 1 is 1.24 bits per heavy atom. The van der Waals surface area contributed by atoms with E-state index in [0.29, 0.717) is 22.1 Å². The molecular weight excluding hydrogens is 288 g/mol. The molecular formula is C16H15ClN2O2. The van der Waals surface area contributed by atoms with Crippen molar-refractivity contribution >= 4 is 23.2 Å². The maximum Gasteiger partial charge on any atom is 0.252 e. The zero-order valence-electron chi connectivity index (χ0n) is 11.4. The summed E-state index contributed by atoms with van der Waals surface area (Å²) in [5, 5.41) is 3.83. The van der Waals surface area contributed by atoms with E-state index in [9.17, 15) is 4.79 Å². The molecule has 1 aliphatic heterocycles. The Balaban J connectivity index is 2.01. The van der Waals surface area contributed by atoms with Crippen LogP contribution in [0.25, 0.3) is 0 Å². The Morgan fingerprint density at radius 3 is 2.90 bits per heavy atom. The van der Waals surface area contributed by atoms with Crippen molar-refractivity contribution in [1.82, 2.24) is 0 Å². The predicted octanol–water partition coefficient (Wildman–Crippen LogP) is 3.59. The minimum Gasteiger partial charge on any atom is -0.454 e. The largest absolute Gasteiger partial charge is 0.454 e. The minimum atomic E-state index is -0.542. The fourth-order valence-corrected chi connectivity index (χ4v) is 2.63. The summed E-state index contributed by atoms with van der Waals surface area (Å²) in [5.41, 5.74) is 7.87. The number of nitrogens with two attached hydrogens (primary N) is 1. The van der Waals surface area contributed by atoms with Gasteiger partial charge in [0.2, 0.25) is 0 Å². The highest BCUT2D eigenvalue weighted by Gasteiger charge is 2.16. The molecule has 0 spiro atoms. The summed E-state index contributed by atoms with van der Waals surface area (Å²) in [6.07, 6.45) is 2.11. The molecule has 3 rings (SSSR count). The fraction of sp³-hybridized carbons (Fsp3) is 0.188. The number of anilines is 1. The summed E-state index contributed by atoms with van der Waals surface area (Å²) in [5.74, 6) is 0.507. The molecule has 2 aromatic carbocycles. The summed E-state index contributed by atoms with van der Waals surface area (Å²) in [4.78, 5) is 11.5. The van der Waals surface area contributed by atoms with Crippen LogP contribution in [0, 0.1) is 0 Å². The molecule has 0 bridgehead atoms. The van der Waals surface area contributed by atoms with Crippen molar-refractivity contribution in [2.75, 3.05) is 11.9 Å². The second kappa shape index (κ2) is 5.66. The van der Waals surface area contributed by atoms with E-state index in [-0.39, 0.29) is 0 Å². The van der Waals surface area contributed by atoms with Crippen molar-refractivity contribution in [3.05, 3.63) is 52.5 Å². The van der Waals surface area contributed by atoms with E-state index in [4.69, 9.17) is 22.1 Å². The first-order valence-electron chi connectivity index (χ1n) is 6.78. The number of primary amides is 1. The van der Waals surface area contributed by atoms with Gasteiger partial charge in [-0.25, -0.2) is 0 Å². The number of carbonyl (C=O) groups excluding carboxylic acids is 1. The van der Waals surface area contributed by atoms with Gasteiger partial charge in [0.25, 0.3) is 5.91 Å². The Morgan fingerprint density at radius 2 is 2.10 bits per heavy atom. The molecule has 0 saturated heterocycles. The highest BCUT2D eigenvalue weighted by Crippen LogP contribution is 2.36. The molecule has 1 aliphatic rings. The third kappa shape index (κ3) is 2.81. The number of amides is 1. The number of hydrogen-bond acceptors (Lipinski definition) is 3. The van der Waals surface area contributed by atoms with E-state index >= 15 is 0 Å². The molecule has 0 aliphatic carbocycles. The number of aryl methyl sites for hydroxylation is 1. The van der Waals surface area contributed by atoms with Crippen molar-refractivity contribution in [2.45, 2.75) is 12.8 Å². The van der Waals surface area contributed by atoms with Crippen LogP contribution in [0.4, 0.5) is 5.69 Å². The zero-order chi connectivity index (χ0) is 14.8. The molecule has 5 heteroatoms. The van der Waals surface area contributed by atoms with Gasteiger partial charge in [-0.3, -0.25) is 4.79 Å². The van der Waals surface area contributed by atoms with Crippen LogP contribution in [-0.4, -0.2) is 12.5 Å². The molecule has 1 amide bonds. The van der Waals surface area contributed by atoms with E-state index in [1.165, 1.54) is 5.56 Å². The van der Waals surface area contributed by atoms with E-state index in [0.717, 1.165) is 25.1 Å². The lowest BCUT2D eigenvalue weighted by molar-refractivity contribution is 0.0998. The van der Waals surface area contributed by atoms with Gasteiger partial charge in [-0.15, -0.1) is 0 Å². The number of halogens is 1. The second-order valence-electron chi connectivity index (χ2n) is 4.93. The fourth-order valence-electron chi connectivity index (χ4n) is 2.47. The monoisotopic (exact) mass is 302 g/mol. The highest BCUT2D eigenvalue weighted by molar-refractivity contribution is 6.30. The molecule has 0 fully saturated rings. The van der Waals surface area contributed by atoms with Gasteiger partial charge in [0.15, 0.2) is 5.75 Å². The number of benzene rings is 2.